The quantitative estimate of drug-likeness (QED) is 0.674. The average molecular weight is 477 g/mol. The second-order valence-corrected chi connectivity index (χ2v) is 9.73. The predicted molar refractivity (Wildman–Crippen MR) is 108 cm³/mol. The number of nitrogens with two attached hydrogens (primary N) is 1. The third kappa shape index (κ3) is 5.96. The minimum Gasteiger partial charge on any atom is -0.336 e. The Balaban J connectivity index is 1.72. The van der Waals surface area contributed by atoms with Crippen LogP contribution in [0.4, 0.5) is 22.0 Å². The number of carbonyl (C=O) groups excluding carboxylic acids is 2. The molecule has 3 rings (SSSR count). The number of fused-ring (bicyclic) bond motifs is 1. The lowest BCUT2D eigenvalue weighted by atomic mass is 9.93. The van der Waals surface area contributed by atoms with Gasteiger partial charge in [-0.3, -0.25) is 9.59 Å². The normalized spacial score (nSPS) is 20.0. The molecule has 1 aromatic rings. The molecule has 1 atom stereocenters. The standard InChI is InChI=1S/C21H28F5N5O2/c1-19(2,3)18-28-14-10-30(7-5-13(14)17(29-18)21(24,25)26)16(33)8-12(27)9-31-11-20(22,23)6-4-15(31)32/h12H,4-11,27H2,1-3H3/t12-/m0/s1. The van der Waals surface area contributed by atoms with Gasteiger partial charge in [-0.2, -0.15) is 13.2 Å². The zero-order valence-electron chi connectivity index (χ0n) is 18.8. The van der Waals surface area contributed by atoms with Gasteiger partial charge in [0.1, 0.15) is 5.82 Å². The average Bonchev–Trinajstić information content (AvgIpc) is 2.67. The number of aromatic nitrogens is 2. The van der Waals surface area contributed by atoms with Crippen molar-refractivity contribution in [2.24, 2.45) is 5.73 Å². The lowest BCUT2D eigenvalue weighted by molar-refractivity contribution is -0.148. The number of carbonyl (C=O) groups is 2. The molecular formula is C21H28F5N5O2. The number of halogens is 5. The number of rotatable bonds is 4. The number of hydrogen-bond acceptors (Lipinski definition) is 5. The maximum atomic E-state index is 13.6. The van der Waals surface area contributed by atoms with Crippen molar-refractivity contribution < 1.29 is 31.5 Å². The summed E-state index contributed by atoms with van der Waals surface area (Å²) in [6, 6.07) is -0.877. The SMILES string of the molecule is CC(C)(C)c1nc2c(c(C(F)(F)F)n1)CCN(C(=O)C[C@H](N)CN1CC(F)(F)CCC1=O)C2. The first-order valence-electron chi connectivity index (χ1n) is 10.7. The van der Waals surface area contributed by atoms with Crippen molar-refractivity contribution in [3.8, 4) is 0 Å². The summed E-state index contributed by atoms with van der Waals surface area (Å²) in [5.74, 6) is -3.84. The Bertz CT molecular complexity index is 929. The van der Waals surface area contributed by atoms with E-state index in [2.05, 4.69) is 9.97 Å². The zero-order chi connectivity index (χ0) is 24.8. The van der Waals surface area contributed by atoms with Crippen molar-refractivity contribution in [3.63, 3.8) is 0 Å². The van der Waals surface area contributed by atoms with Gasteiger partial charge in [0, 0.05) is 49.4 Å². The molecule has 0 aliphatic carbocycles. The van der Waals surface area contributed by atoms with E-state index in [1.807, 2.05) is 0 Å². The Morgan fingerprint density at radius 1 is 1.18 bits per heavy atom. The first-order chi connectivity index (χ1) is 15.1. The van der Waals surface area contributed by atoms with Crippen LogP contribution in [0.5, 0.6) is 0 Å². The maximum absolute atomic E-state index is 13.6. The van der Waals surface area contributed by atoms with E-state index in [1.54, 1.807) is 20.8 Å². The minimum atomic E-state index is -4.65. The van der Waals surface area contributed by atoms with Crippen molar-refractivity contribution in [2.45, 2.75) is 76.6 Å². The summed E-state index contributed by atoms with van der Waals surface area (Å²) in [6.45, 7) is 4.06. The molecule has 1 saturated heterocycles. The van der Waals surface area contributed by atoms with Gasteiger partial charge >= 0.3 is 6.18 Å². The summed E-state index contributed by atoms with van der Waals surface area (Å²) in [5.41, 5.74) is 4.37. The molecule has 184 valence electrons. The number of hydrogen-bond donors (Lipinski definition) is 1. The minimum absolute atomic E-state index is 0.0232. The molecule has 0 unspecified atom stereocenters. The fourth-order valence-electron chi connectivity index (χ4n) is 3.97. The predicted octanol–water partition coefficient (Wildman–Crippen LogP) is 2.65. The topological polar surface area (TPSA) is 92.4 Å². The molecule has 1 aromatic heterocycles. The van der Waals surface area contributed by atoms with Crippen molar-refractivity contribution in [1.29, 1.82) is 0 Å². The number of likely N-dealkylation sites (tertiary alicyclic amines) is 1. The molecule has 0 radical (unpaired) electrons. The highest BCUT2D eigenvalue weighted by molar-refractivity contribution is 5.78. The summed E-state index contributed by atoms with van der Waals surface area (Å²) < 4.78 is 68.0. The molecule has 3 heterocycles. The van der Waals surface area contributed by atoms with E-state index in [-0.39, 0.29) is 56.0 Å². The second kappa shape index (κ2) is 8.77. The summed E-state index contributed by atoms with van der Waals surface area (Å²) in [7, 11) is 0. The Kier molecular flexibility index (Phi) is 6.71. The van der Waals surface area contributed by atoms with Crippen molar-refractivity contribution >= 4 is 11.8 Å². The van der Waals surface area contributed by atoms with Crippen molar-refractivity contribution in [2.75, 3.05) is 19.6 Å². The Hall–Kier alpha value is -2.37. The van der Waals surface area contributed by atoms with Crippen LogP contribution in [0.1, 0.15) is 62.8 Å². The number of piperidine rings is 1. The van der Waals surface area contributed by atoms with Crippen LogP contribution in [0.2, 0.25) is 0 Å². The smallest absolute Gasteiger partial charge is 0.336 e. The lowest BCUT2D eigenvalue weighted by Crippen LogP contribution is -2.51. The summed E-state index contributed by atoms with van der Waals surface area (Å²) in [5, 5.41) is 0. The molecule has 7 nitrogen and oxygen atoms in total. The third-order valence-electron chi connectivity index (χ3n) is 5.73. The Morgan fingerprint density at radius 2 is 1.85 bits per heavy atom. The summed E-state index contributed by atoms with van der Waals surface area (Å²) >= 11 is 0. The number of nitrogens with zero attached hydrogens (tertiary/aromatic N) is 4. The number of alkyl halides is 5. The molecule has 2 amide bonds. The molecule has 2 aliphatic rings. The molecule has 0 saturated carbocycles. The van der Waals surface area contributed by atoms with Crippen molar-refractivity contribution in [3.05, 3.63) is 22.8 Å². The summed E-state index contributed by atoms with van der Waals surface area (Å²) in [4.78, 5) is 35.1. The first-order valence-corrected chi connectivity index (χ1v) is 10.7. The van der Waals surface area contributed by atoms with Crippen LogP contribution in [-0.4, -0.2) is 63.2 Å². The molecule has 0 aromatic carbocycles. The van der Waals surface area contributed by atoms with Gasteiger partial charge in [0.2, 0.25) is 11.8 Å². The maximum Gasteiger partial charge on any atom is 0.433 e. The van der Waals surface area contributed by atoms with Crippen LogP contribution in [0.15, 0.2) is 0 Å². The second-order valence-electron chi connectivity index (χ2n) is 9.73. The molecule has 12 heteroatoms. The van der Waals surface area contributed by atoms with Crippen LogP contribution in [0, 0.1) is 0 Å². The highest BCUT2D eigenvalue weighted by atomic mass is 19.4. The van der Waals surface area contributed by atoms with Gasteiger partial charge in [0.15, 0.2) is 5.69 Å². The molecule has 0 bridgehead atoms. The Labute approximate surface area is 188 Å². The summed E-state index contributed by atoms with van der Waals surface area (Å²) in [6.07, 6.45) is -5.74. The third-order valence-corrected chi connectivity index (χ3v) is 5.73. The van der Waals surface area contributed by atoms with Gasteiger partial charge in [-0.05, 0) is 6.42 Å². The number of amides is 2. The highest BCUT2D eigenvalue weighted by Crippen LogP contribution is 2.35. The molecule has 1 fully saturated rings. The van der Waals surface area contributed by atoms with E-state index in [4.69, 9.17) is 5.73 Å². The van der Waals surface area contributed by atoms with Gasteiger partial charge in [0.25, 0.3) is 5.92 Å². The Morgan fingerprint density at radius 3 is 2.45 bits per heavy atom. The fourth-order valence-corrected chi connectivity index (χ4v) is 3.97. The van der Waals surface area contributed by atoms with E-state index in [9.17, 15) is 31.5 Å². The molecule has 33 heavy (non-hydrogen) atoms. The van der Waals surface area contributed by atoms with Crippen LogP contribution in [0.25, 0.3) is 0 Å². The monoisotopic (exact) mass is 477 g/mol. The first kappa shape index (κ1) is 25.3. The van der Waals surface area contributed by atoms with Crippen molar-refractivity contribution in [1.82, 2.24) is 19.8 Å². The van der Waals surface area contributed by atoms with Crippen LogP contribution >= 0.6 is 0 Å². The van der Waals surface area contributed by atoms with Crippen LogP contribution in [0.3, 0.4) is 0 Å². The van der Waals surface area contributed by atoms with Gasteiger partial charge < -0.3 is 15.5 Å². The van der Waals surface area contributed by atoms with Crippen LogP contribution in [-0.2, 0) is 34.1 Å². The molecule has 2 N–H and O–H groups in total. The van der Waals surface area contributed by atoms with Gasteiger partial charge in [-0.1, -0.05) is 20.8 Å². The van der Waals surface area contributed by atoms with E-state index < -0.39 is 54.0 Å². The lowest BCUT2D eigenvalue weighted by Gasteiger charge is -2.35. The van der Waals surface area contributed by atoms with Gasteiger partial charge in [-0.15, -0.1) is 0 Å². The zero-order valence-corrected chi connectivity index (χ0v) is 18.8. The highest BCUT2D eigenvalue weighted by Gasteiger charge is 2.41. The van der Waals surface area contributed by atoms with E-state index in [1.165, 1.54) is 4.90 Å². The van der Waals surface area contributed by atoms with E-state index in [0.717, 1.165) is 4.90 Å². The molecule has 0 spiro atoms. The van der Waals surface area contributed by atoms with E-state index in [0.29, 0.717) is 0 Å². The van der Waals surface area contributed by atoms with Gasteiger partial charge in [-0.25, -0.2) is 18.7 Å². The van der Waals surface area contributed by atoms with E-state index >= 15 is 0 Å². The molecular weight excluding hydrogens is 449 g/mol. The van der Waals surface area contributed by atoms with Crippen LogP contribution < -0.4 is 5.73 Å². The largest absolute Gasteiger partial charge is 0.433 e. The fraction of sp³-hybridized carbons (Fsp3) is 0.714. The van der Waals surface area contributed by atoms with Gasteiger partial charge in [0.05, 0.1) is 18.8 Å². The molecule has 2 aliphatic heterocycles.